The van der Waals surface area contributed by atoms with Gasteiger partial charge in [0.25, 0.3) is 0 Å². The lowest BCUT2D eigenvalue weighted by atomic mass is 9.99. The second-order valence-electron chi connectivity index (χ2n) is 5.76. The van der Waals surface area contributed by atoms with Crippen LogP contribution in [0.2, 0.25) is 0 Å². The molecule has 128 valence electrons. The van der Waals surface area contributed by atoms with E-state index >= 15 is 0 Å². The van der Waals surface area contributed by atoms with E-state index in [1.807, 2.05) is 42.5 Å². The zero-order chi connectivity index (χ0) is 17.6. The van der Waals surface area contributed by atoms with Crippen LogP contribution < -0.4 is 10.6 Å². The number of urea groups is 1. The molecule has 1 atom stereocenters. The van der Waals surface area contributed by atoms with Gasteiger partial charge in [-0.1, -0.05) is 42.5 Å². The molecule has 1 unspecified atom stereocenters. The van der Waals surface area contributed by atoms with Gasteiger partial charge < -0.3 is 15.7 Å². The molecule has 0 aromatic heterocycles. The van der Waals surface area contributed by atoms with Crippen molar-refractivity contribution in [3.05, 3.63) is 78.1 Å². The predicted octanol–water partition coefficient (Wildman–Crippen LogP) is 4.22. The molecule has 3 rings (SSSR count). The number of fused-ring (bicyclic) bond motifs is 1. The first-order chi connectivity index (χ1) is 12.1. The Bertz CT molecular complexity index is 860. The van der Waals surface area contributed by atoms with E-state index < -0.39 is 12.1 Å². The lowest BCUT2D eigenvalue weighted by Gasteiger charge is -2.14. The standard InChI is InChI=1S/C20H19FN2O2/c21-15-8-10-16(11-9-15)23-20(25)22-13-12-19(24)18-7-3-5-14-4-1-2-6-17(14)18/h1-11,19,24H,12-13H2,(H2,22,23,25). The Kier molecular flexibility index (Phi) is 5.26. The van der Waals surface area contributed by atoms with E-state index in [2.05, 4.69) is 10.6 Å². The number of carbonyl (C=O) groups is 1. The molecule has 0 aliphatic heterocycles. The van der Waals surface area contributed by atoms with Crippen molar-refractivity contribution in [3.8, 4) is 0 Å². The Morgan fingerprint density at radius 2 is 1.72 bits per heavy atom. The lowest BCUT2D eigenvalue weighted by Crippen LogP contribution is -2.30. The third-order valence-electron chi connectivity index (χ3n) is 3.99. The van der Waals surface area contributed by atoms with Crippen LogP contribution in [0.3, 0.4) is 0 Å². The molecule has 0 aliphatic rings. The van der Waals surface area contributed by atoms with Crippen molar-refractivity contribution in [2.75, 3.05) is 11.9 Å². The highest BCUT2D eigenvalue weighted by atomic mass is 19.1. The Morgan fingerprint density at radius 1 is 1.00 bits per heavy atom. The first-order valence-electron chi connectivity index (χ1n) is 8.09. The summed E-state index contributed by atoms with van der Waals surface area (Å²) in [5, 5.41) is 17.8. The average molecular weight is 338 g/mol. The van der Waals surface area contributed by atoms with Crippen molar-refractivity contribution in [1.29, 1.82) is 0 Å². The summed E-state index contributed by atoms with van der Waals surface area (Å²) in [6.07, 6.45) is -0.276. The molecule has 25 heavy (non-hydrogen) atoms. The first kappa shape index (κ1) is 16.9. The largest absolute Gasteiger partial charge is 0.388 e. The zero-order valence-electron chi connectivity index (χ0n) is 13.6. The van der Waals surface area contributed by atoms with E-state index in [1.54, 1.807) is 0 Å². The van der Waals surface area contributed by atoms with Gasteiger partial charge in [0, 0.05) is 12.2 Å². The third-order valence-corrected chi connectivity index (χ3v) is 3.99. The van der Waals surface area contributed by atoms with Gasteiger partial charge in [-0.05, 0) is 47.0 Å². The fourth-order valence-electron chi connectivity index (χ4n) is 2.73. The Hall–Kier alpha value is -2.92. The summed E-state index contributed by atoms with van der Waals surface area (Å²) in [4.78, 5) is 11.8. The van der Waals surface area contributed by atoms with Gasteiger partial charge in [-0.2, -0.15) is 0 Å². The number of aliphatic hydroxyl groups excluding tert-OH is 1. The number of benzene rings is 3. The van der Waals surface area contributed by atoms with Crippen LogP contribution in [0.5, 0.6) is 0 Å². The van der Waals surface area contributed by atoms with Crippen molar-refractivity contribution < 1.29 is 14.3 Å². The molecular weight excluding hydrogens is 319 g/mol. The number of carbonyl (C=O) groups excluding carboxylic acids is 1. The fraction of sp³-hybridized carbons (Fsp3) is 0.150. The van der Waals surface area contributed by atoms with Gasteiger partial charge in [0.1, 0.15) is 5.82 Å². The summed E-state index contributed by atoms with van der Waals surface area (Å²) >= 11 is 0. The Labute approximate surface area is 145 Å². The minimum atomic E-state index is -0.669. The molecule has 3 N–H and O–H groups in total. The molecule has 5 heteroatoms. The van der Waals surface area contributed by atoms with Gasteiger partial charge >= 0.3 is 6.03 Å². The van der Waals surface area contributed by atoms with Crippen molar-refractivity contribution in [1.82, 2.24) is 5.32 Å². The van der Waals surface area contributed by atoms with Crippen LogP contribution in [0.15, 0.2) is 66.7 Å². The molecule has 4 nitrogen and oxygen atoms in total. The molecule has 0 saturated carbocycles. The lowest BCUT2D eigenvalue weighted by molar-refractivity contribution is 0.169. The highest BCUT2D eigenvalue weighted by molar-refractivity contribution is 5.89. The summed E-state index contributed by atoms with van der Waals surface area (Å²) in [5.74, 6) is -0.357. The monoisotopic (exact) mass is 338 g/mol. The van der Waals surface area contributed by atoms with Crippen LogP contribution in [0.4, 0.5) is 14.9 Å². The maximum atomic E-state index is 12.8. The summed E-state index contributed by atoms with van der Waals surface area (Å²) in [6.45, 7) is 0.317. The van der Waals surface area contributed by atoms with Crippen molar-refractivity contribution in [2.45, 2.75) is 12.5 Å². The number of amides is 2. The van der Waals surface area contributed by atoms with Crippen LogP contribution in [-0.2, 0) is 0 Å². The maximum absolute atomic E-state index is 12.8. The van der Waals surface area contributed by atoms with Gasteiger partial charge in [0.05, 0.1) is 6.10 Å². The van der Waals surface area contributed by atoms with E-state index in [0.29, 0.717) is 18.7 Å². The molecule has 0 saturated heterocycles. The molecular formula is C20H19FN2O2. The SMILES string of the molecule is O=C(NCCC(O)c1cccc2ccccc12)Nc1ccc(F)cc1. The third kappa shape index (κ3) is 4.33. The summed E-state index contributed by atoms with van der Waals surface area (Å²) in [6, 6.07) is 18.8. The van der Waals surface area contributed by atoms with Gasteiger partial charge in [0.2, 0.25) is 0 Å². The first-order valence-corrected chi connectivity index (χ1v) is 8.09. The number of hydrogen-bond donors (Lipinski definition) is 3. The van der Waals surface area contributed by atoms with E-state index in [1.165, 1.54) is 24.3 Å². The van der Waals surface area contributed by atoms with Gasteiger partial charge in [0.15, 0.2) is 0 Å². The summed E-state index contributed by atoms with van der Waals surface area (Å²) in [7, 11) is 0. The highest BCUT2D eigenvalue weighted by Gasteiger charge is 2.11. The van der Waals surface area contributed by atoms with Crippen molar-refractivity contribution in [3.63, 3.8) is 0 Å². The van der Waals surface area contributed by atoms with E-state index in [9.17, 15) is 14.3 Å². The molecule has 3 aromatic carbocycles. The van der Waals surface area contributed by atoms with E-state index in [0.717, 1.165) is 16.3 Å². The minimum Gasteiger partial charge on any atom is -0.388 e. The number of rotatable bonds is 5. The Balaban J connectivity index is 1.54. The molecule has 2 amide bonds. The van der Waals surface area contributed by atoms with E-state index in [-0.39, 0.29) is 5.82 Å². The fourth-order valence-corrected chi connectivity index (χ4v) is 2.73. The summed E-state index contributed by atoms with van der Waals surface area (Å²) < 4.78 is 12.8. The molecule has 0 spiro atoms. The smallest absolute Gasteiger partial charge is 0.319 e. The zero-order valence-corrected chi connectivity index (χ0v) is 13.6. The summed E-state index contributed by atoms with van der Waals surface area (Å²) in [5.41, 5.74) is 1.35. The maximum Gasteiger partial charge on any atom is 0.319 e. The molecule has 0 heterocycles. The normalized spacial score (nSPS) is 11.9. The van der Waals surface area contributed by atoms with E-state index in [4.69, 9.17) is 0 Å². The molecule has 3 aromatic rings. The number of nitrogens with one attached hydrogen (secondary N) is 2. The quantitative estimate of drug-likeness (QED) is 0.652. The Morgan fingerprint density at radius 3 is 2.52 bits per heavy atom. The number of anilines is 1. The number of aliphatic hydroxyl groups is 1. The van der Waals surface area contributed by atoms with Crippen LogP contribution in [-0.4, -0.2) is 17.7 Å². The van der Waals surface area contributed by atoms with Gasteiger partial charge in [-0.25, -0.2) is 9.18 Å². The number of hydrogen-bond acceptors (Lipinski definition) is 2. The topological polar surface area (TPSA) is 61.4 Å². The minimum absolute atomic E-state index is 0.317. The second-order valence-corrected chi connectivity index (χ2v) is 5.76. The van der Waals surface area contributed by atoms with Crippen LogP contribution in [0, 0.1) is 5.82 Å². The van der Waals surface area contributed by atoms with Gasteiger partial charge in [-0.3, -0.25) is 0 Å². The van der Waals surface area contributed by atoms with Crippen molar-refractivity contribution in [2.24, 2.45) is 0 Å². The molecule has 0 aliphatic carbocycles. The molecule has 0 bridgehead atoms. The van der Waals surface area contributed by atoms with Crippen LogP contribution >= 0.6 is 0 Å². The molecule has 0 fully saturated rings. The predicted molar refractivity (Wildman–Crippen MR) is 96.9 cm³/mol. The number of halogens is 1. The molecule has 0 radical (unpaired) electrons. The van der Waals surface area contributed by atoms with Crippen LogP contribution in [0.25, 0.3) is 10.8 Å². The van der Waals surface area contributed by atoms with Crippen molar-refractivity contribution >= 4 is 22.5 Å². The van der Waals surface area contributed by atoms with Gasteiger partial charge in [-0.15, -0.1) is 0 Å². The average Bonchev–Trinajstić information content (AvgIpc) is 2.63. The second kappa shape index (κ2) is 7.77. The van der Waals surface area contributed by atoms with Crippen LogP contribution in [0.1, 0.15) is 18.1 Å². The highest BCUT2D eigenvalue weighted by Crippen LogP contribution is 2.25.